The van der Waals surface area contributed by atoms with Crippen LogP contribution in [0.1, 0.15) is 12.0 Å². The van der Waals surface area contributed by atoms with Gasteiger partial charge in [-0.2, -0.15) is 5.10 Å². The molecule has 1 amide bonds. The number of aryl methyl sites for hydroxylation is 1. The zero-order chi connectivity index (χ0) is 19.2. The van der Waals surface area contributed by atoms with Gasteiger partial charge in [0.25, 0.3) is 0 Å². The maximum Gasteiger partial charge on any atom is 0.241 e. The van der Waals surface area contributed by atoms with E-state index < -0.39 is 0 Å². The number of carbonyl (C=O) groups is 1. The average molecular weight is 367 g/mol. The van der Waals surface area contributed by atoms with Crippen molar-refractivity contribution in [1.82, 2.24) is 9.99 Å². The zero-order valence-electron chi connectivity index (χ0n) is 15.5. The van der Waals surface area contributed by atoms with Gasteiger partial charge in [-0.1, -0.05) is 72.8 Å². The second kappa shape index (κ2) is 8.35. The molecule has 0 bridgehead atoms. The lowest BCUT2D eigenvalue weighted by molar-refractivity contribution is -0.121. The van der Waals surface area contributed by atoms with Gasteiger partial charge < -0.3 is 4.57 Å². The Bertz CT molecular complexity index is 1100. The largest absolute Gasteiger partial charge is 0.340 e. The summed E-state index contributed by atoms with van der Waals surface area (Å²) >= 11 is 0. The molecular formula is C24H21N3O. The SMILES string of the molecule is O=C(CCn1c2ccccc2c2ccccc21)NN=CC=Cc1ccccc1. The van der Waals surface area contributed by atoms with Gasteiger partial charge in [-0.15, -0.1) is 0 Å². The third-order valence-corrected chi connectivity index (χ3v) is 4.68. The fraction of sp³-hybridized carbons (Fsp3) is 0.0833. The summed E-state index contributed by atoms with van der Waals surface area (Å²) in [5, 5.41) is 6.41. The summed E-state index contributed by atoms with van der Waals surface area (Å²) in [5.41, 5.74) is 5.97. The quantitative estimate of drug-likeness (QED) is 0.378. The van der Waals surface area contributed by atoms with Crippen LogP contribution in [0.5, 0.6) is 0 Å². The van der Waals surface area contributed by atoms with E-state index in [0.29, 0.717) is 13.0 Å². The number of aromatic nitrogens is 1. The van der Waals surface area contributed by atoms with E-state index in [2.05, 4.69) is 39.4 Å². The van der Waals surface area contributed by atoms with Crippen LogP contribution in [0.3, 0.4) is 0 Å². The van der Waals surface area contributed by atoms with Gasteiger partial charge in [0.05, 0.1) is 0 Å². The van der Waals surface area contributed by atoms with Crippen molar-refractivity contribution in [2.24, 2.45) is 5.10 Å². The minimum absolute atomic E-state index is 0.105. The van der Waals surface area contributed by atoms with E-state index in [1.54, 1.807) is 6.21 Å². The molecule has 28 heavy (non-hydrogen) atoms. The molecule has 0 saturated heterocycles. The van der Waals surface area contributed by atoms with E-state index >= 15 is 0 Å². The molecule has 3 aromatic carbocycles. The highest BCUT2D eigenvalue weighted by molar-refractivity contribution is 6.08. The van der Waals surface area contributed by atoms with Crippen molar-refractivity contribution >= 4 is 40.0 Å². The highest BCUT2D eigenvalue weighted by Crippen LogP contribution is 2.28. The molecule has 0 aliphatic heterocycles. The minimum Gasteiger partial charge on any atom is -0.340 e. The maximum absolute atomic E-state index is 12.2. The molecule has 1 N–H and O–H groups in total. The number of hydrogen-bond acceptors (Lipinski definition) is 2. The lowest BCUT2D eigenvalue weighted by atomic mass is 10.2. The normalized spacial score (nSPS) is 11.7. The lowest BCUT2D eigenvalue weighted by Gasteiger charge is -2.06. The van der Waals surface area contributed by atoms with Crippen molar-refractivity contribution in [2.45, 2.75) is 13.0 Å². The van der Waals surface area contributed by atoms with Gasteiger partial charge in [0.15, 0.2) is 0 Å². The number of rotatable bonds is 6. The summed E-state index contributed by atoms with van der Waals surface area (Å²) in [4.78, 5) is 12.2. The number of carbonyl (C=O) groups excluding carboxylic acids is 1. The summed E-state index contributed by atoms with van der Waals surface area (Å²) in [5.74, 6) is -0.105. The number of hydrogen-bond donors (Lipinski definition) is 1. The van der Waals surface area contributed by atoms with Crippen LogP contribution in [0.25, 0.3) is 27.9 Å². The first-order chi connectivity index (χ1) is 13.8. The van der Waals surface area contributed by atoms with Crippen molar-refractivity contribution in [3.05, 3.63) is 90.5 Å². The molecule has 0 aliphatic rings. The fourth-order valence-electron chi connectivity index (χ4n) is 3.38. The number of benzene rings is 3. The van der Waals surface area contributed by atoms with Crippen LogP contribution in [-0.2, 0) is 11.3 Å². The monoisotopic (exact) mass is 367 g/mol. The van der Waals surface area contributed by atoms with Crippen molar-refractivity contribution in [1.29, 1.82) is 0 Å². The molecule has 0 saturated carbocycles. The molecule has 0 radical (unpaired) electrons. The van der Waals surface area contributed by atoms with Crippen LogP contribution in [0.4, 0.5) is 0 Å². The Kier molecular flexibility index (Phi) is 5.29. The first kappa shape index (κ1) is 17.7. The highest BCUT2D eigenvalue weighted by atomic mass is 16.2. The van der Waals surface area contributed by atoms with Gasteiger partial charge in [-0.25, -0.2) is 5.43 Å². The molecule has 0 aliphatic carbocycles. The Balaban J connectivity index is 1.40. The molecule has 0 fully saturated rings. The van der Waals surface area contributed by atoms with Gasteiger partial charge in [-0.05, 0) is 23.8 Å². The van der Waals surface area contributed by atoms with E-state index in [4.69, 9.17) is 0 Å². The number of nitrogens with one attached hydrogen (secondary N) is 1. The Hall–Kier alpha value is -3.66. The fourth-order valence-corrected chi connectivity index (χ4v) is 3.38. The summed E-state index contributed by atoms with van der Waals surface area (Å²) in [7, 11) is 0. The average Bonchev–Trinajstić information content (AvgIpc) is 3.07. The summed E-state index contributed by atoms with van der Waals surface area (Å²) < 4.78 is 2.20. The van der Waals surface area contributed by atoms with Crippen molar-refractivity contribution in [3.8, 4) is 0 Å². The predicted molar refractivity (Wildman–Crippen MR) is 116 cm³/mol. The van der Waals surface area contributed by atoms with Gasteiger partial charge in [0.1, 0.15) is 0 Å². The van der Waals surface area contributed by atoms with Gasteiger partial charge >= 0.3 is 0 Å². The Morgan fingerprint density at radius 1 is 0.857 bits per heavy atom. The molecule has 138 valence electrons. The topological polar surface area (TPSA) is 46.4 Å². The number of para-hydroxylation sites is 2. The number of hydrazone groups is 1. The molecule has 4 heteroatoms. The number of amides is 1. The van der Waals surface area contributed by atoms with Gasteiger partial charge in [-0.3, -0.25) is 4.79 Å². The molecule has 0 unspecified atom stereocenters. The molecule has 1 heterocycles. The van der Waals surface area contributed by atoms with Crippen LogP contribution in [0.15, 0.2) is 90.0 Å². The number of allylic oxidation sites excluding steroid dienone is 1. The lowest BCUT2D eigenvalue weighted by Crippen LogP contribution is -2.19. The van der Waals surface area contributed by atoms with Crippen LogP contribution < -0.4 is 5.43 Å². The highest BCUT2D eigenvalue weighted by Gasteiger charge is 2.10. The van der Waals surface area contributed by atoms with E-state index in [1.807, 2.05) is 66.7 Å². The number of fused-ring (bicyclic) bond motifs is 3. The van der Waals surface area contributed by atoms with Gasteiger partial charge in [0.2, 0.25) is 5.91 Å². The van der Waals surface area contributed by atoms with Gasteiger partial charge in [0, 0.05) is 41.0 Å². The summed E-state index contributed by atoms with van der Waals surface area (Å²) in [6.45, 7) is 0.606. The Labute approximate surface area is 163 Å². The van der Waals surface area contributed by atoms with Crippen LogP contribution in [0.2, 0.25) is 0 Å². The standard InChI is InChI=1S/C24H21N3O/c28-24(26-25-17-8-11-19-9-2-1-3-10-19)16-18-27-22-14-6-4-12-20(22)21-13-5-7-15-23(21)27/h1-15,17H,16,18H2,(H,26,28). The van der Waals surface area contributed by atoms with Crippen molar-refractivity contribution in [2.75, 3.05) is 0 Å². The van der Waals surface area contributed by atoms with Crippen LogP contribution in [0, 0.1) is 0 Å². The van der Waals surface area contributed by atoms with E-state index in [-0.39, 0.29) is 5.91 Å². The zero-order valence-corrected chi connectivity index (χ0v) is 15.5. The molecule has 0 spiro atoms. The Morgan fingerprint density at radius 2 is 1.46 bits per heavy atom. The van der Waals surface area contributed by atoms with Crippen molar-refractivity contribution in [3.63, 3.8) is 0 Å². The third-order valence-electron chi connectivity index (χ3n) is 4.68. The molecule has 1 aromatic heterocycles. The summed E-state index contributed by atoms with van der Waals surface area (Å²) in [6, 6.07) is 26.5. The van der Waals surface area contributed by atoms with Crippen LogP contribution in [-0.4, -0.2) is 16.7 Å². The molecule has 0 atom stereocenters. The van der Waals surface area contributed by atoms with E-state index in [1.165, 1.54) is 10.8 Å². The minimum atomic E-state index is -0.105. The third kappa shape index (κ3) is 3.86. The van der Waals surface area contributed by atoms with E-state index in [9.17, 15) is 4.79 Å². The molecular weight excluding hydrogens is 346 g/mol. The second-order valence-electron chi connectivity index (χ2n) is 6.52. The molecule has 4 nitrogen and oxygen atoms in total. The number of nitrogens with zero attached hydrogens (tertiary/aromatic N) is 2. The maximum atomic E-state index is 12.2. The second-order valence-corrected chi connectivity index (χ2v) is 6.52. The smallest absolute Gasteiger partial charge is 0.241 e. The van der Waals surface area contributed by atoms with Crippen molar-refractivity contribution < 1.29 is 4.79 Å². The first-order valence-electron chi connectivity index (χ1n) is 9.32. The molecule has 4 aromatic rings. The van der Waals surface area contributed by atoms with Crippen LogP contribution >= 0.6 is 0 Å². The molecule has 4 rings (SSSR count). The predicted octanol–water partition coefficient (Wildman–Crippen LogP) is 5.00. The summed E-state index contributed by atoms with van der Waals surface area (Å²) in [6.07, 6.45) is 5.70. The first-order valence-corrected chi connectivity index (χ1v) is 9.32. The van der Waals surface area contributed by atoms with E-state index in [0.717, 1.165) is 16.6 Å². The Morgan fingerprint density at radius 3 is 2.14 bits per heavy atom.